The molecule has 1 heterocycles. The van der Waals surface area contributed by atoms with E-state index in [0.717, 1.165) is 57.3 Å². The lowest BCUT2D eigenvalue weighted by Crippen LogP contribution is -2.38. The van der Waals surface area contributed by atoms with E-state index >= 15 is 0 Å². The molecule has 1 saturated heterocycles. The van der Waals surface area contributed by atoms with Crippen molar-refractivity contribution in [1.29, 1.82) is 0 Å². The average Bonchev–Trinajstić information content (AvgIpc) is 3.24. The zero-order valence-electron chi connectivity index (χ0n) is 14.0. The van der Waals surface area contributed by atoms with Gasteiger partial charge in [0, 0.05) is 19.0 Å². The first-order chi connectivity index (χ1) is 11.1. The number of piperidine rings is 1. The second kappa shape index (κ2) is 7.00. The highest BCUT2D eigenvalue weighted by Crippen LogP contribution is 2.59. The first-order valence-electron chi connectivity index (χ1n) is 8.88. The molecule has 1 aromatic rings. The molecule has 3 nitrogen and oxygen atoms in total. The van der Waals surface area contributed by atoms with E-state index in [1.807, 2.05) is 11.0 Å². The van der Waals surface area contributed by atoms with Crippen LogP contribution >= 0.6 is 0 Å². The fraction of sp³-hybridized carbons (Fsp3) is 0.632. The lowest BCUT2D eigenvalue weighted by molar-refractivity contribution is -0.133. The van der Waals surface area contributed by atoms with Crippen LogP contribution in [-0.2, 0) is 11.2 Å². The van der Waals surface area contributed by atoms with Gasteiger partial charge in [-0.15, -0.1) is 0 Å². The maximum Gasteiger partial charge on any atom is 0.226 e. The predicted octanol–water partition coefficient (Wildman–Crippen LogP) is 3.00. The maximum absolute atomic E-state index is 13.3. The van der Waals surface area contributed by atoms with E-state index < -0.39 is 0 Å². The fourth-order valence-electron chi connectivity index (χ4n) is 3.95. The van der Waals surface area contributed by atoms with Crippen molar-refractivity contribution in [3.8, 4) is 0 Å². The third-order valence-electron chi connectivity index (χ3n) is 5.45. The van der Waals surface area contributed by atoms with Gasteiger partial charge in [-0.05, 0) is 68.3 Å². The van der Waals surface area contributed by atoms with Crippen LogP contribution in [0.25, 0.3) is 0 Å². The van der Waals surface area contributed by atoms with E-state index in [4.69, 9.17) is 0 Å². The molecule has 1 amide bonds. The number of rotatable bonds is 6. The minimum absolute atomic E-state index is 0.202. The van der Waals surface area contributed by atoms with Gasteiger partial charge in [0.15, 0.2) is 0 Å². The molecule has 1 aliphatic heterocycles. The molecule has 1 aromatic carbocycles. The van der Waals surface area contributed by atoms with Gasteiger partial charge in [0.25, 0.3) is 0 Å². The summed E-state index contributed by atoms with van der Waals surface area (Å²) < 4.78 is 13.3. The molecular weight excluding hydrogens is 291 g/mol. The largest absolute Gasteiger partial charge is 0.342 e. The summed E-state index contributed by atoms with van der Waals surface area (Å²) in [5, 5.41) is 3.39. The lowest BCUT2D eigenvalue weighted by Gasteiger charge is -2.27. The molecule has 1 saturated carbocycles. The van der Waals surface area contributed by atoms with Crippen LogP contribution in [0.2, 0.25) is 0 Å². The summed E-state index contributed by atoms with van der Waals surface area (Å²) in [5.74, 6) is 0.348. The van der Waals surface area contributed by atoms with Crippen molar-refractivity contribution in [2.24, 2.45) is 11.3 Å². The molecular formula is C19H27FN2O. The van der Waals surface area contributed by atoms with Crippen LogP contribution in [-0.4, -0.2) is 37.0 Å². The van der Waals surface area contributed by atoms with Gasteiger partial charge in [-0.25, -0.2) is 4.39 Å². The number of hydrogen-bond acceptors (Lipinski definition) is 2. The number of carbonyl (C=O) groups excluding carboxylic acids is 1. The Bertz CT molecular complexity index is 554. The van der Waals surface area contributed by atoms with Crippen LogP contribution in [0, 0.1) is 17.2 Å². The van der Waals surface area contributed by atoms with Gasteiger partial charge >= 0.3 is 0 Å². The van der Waals surface area contributed by atoms with E-state index in [1.54, 1.807) is 12.1 Å². The van der Waals surface area contributed by atoms with Gasteiger partial charge in [0.1, 0.15) is 5.82 Å². The van der Waals surface area contributed by atoms with Gasteiger partial charge in [0.2, 0.25) is 5.91 Å². The highest BCUT2D eigenvalue weighted by Gasteiger charge is 2.58. The second-order valence-electron chi connectivity index (χ2n) is 7.07. The SMILES string of the molecule is CCCN(CCc1cccc(F)c1)C(=O)C1CC12CCNCC2. The van der Waals surface area contributed by atoms with Crippen LogP contribution in [0.15, 0.2) is 24.3 Å². The van der Waals surface area contributed by atoms with Crippen LogP contribution in [0.1, 0.15) is 38.2 Å². The Morgan fingerprint density at radius 3 is 2.83 bits per heavy atom. The minimum atomic E-state index is -0.202. The molecule has 1 spiro atoms. The molecule has 4 heteroatoms. The van der Waals surface area contributed by atoms with Crippen LogP contribution in [0.4, 0.5) is 4.39 Å². The smallest absolute Gasteiger partial charge is 0.226 e. The molecule has 1 unspecified atom stereocenters. The zero-order valence-corrected chi connectivity index (χ0v) is 14.0. The quantitative estimate of drug-likeness (QED) is 0.874. The number of nitrogens with zero attached hydrogens (tertiary/aromatic N) is 1. The molecule has 126 valence electrons. The lowest BCUT2D eigenvalue weighted by atomic mass is 9.91. The Labute approximate surface area is 138 Å². The standard InChI is InChI=1S/C19H27FN2O/c1-2-11-22(12-6-15-4-3-5-16(20)13-15)18(23)17-14-19(17)7-9-21-10-8-19/h3-5,13,17,21H,2,6-12,14H2,1H3. The molecule has 23 heavy (non-hydrogen) atoms. The van der Waals surface area contributed by atoms with Gasteiger partial charge in [-0.1, -0.05) is 19.1 Å². The maximum atomic E-state index is 13.3. The molecule has 0 aromatic heterocycles. The Morgan fingerprint density at radius 2 is 2.13 bits per heavy atom. The van der Waals surface area contributed by atoms with Gasteiger partial charge < -0.3 is 10.2 Å². The molecule has 1 aliphatic carbocycles. The summed E-state index contributed by atoms with van der Waals surface area (Å²) in [6.07, 6.45) is 5.02. The highest BCUT2D eigenvalue weighted by molar-refractivity contribution is 5.82. The monoisotopic (exact) mass is 318 g/mol. The molecule has 0 bridgehead atoms. The normalized spacial score (nSPS) is 22.1. The summed E-state index contributed by atoms with van der Waals surface area (Å²) in [7, 11) is 0. The van der Waals surface area contributed by atoms with Gasteiger partial charge in [0.05, 0.1) is 0 Å². The van der Waals surface area contributed by atoms with Crippen LogP contribution in [0.3, 0.4) is 0 Å². The van der Waals surface area contributed by atoms with Gasteiger partial charge in [-0.2, -0.15) is 0 Å². The van der Waals surface area contributed by atoms with E-state index in [2.05, 4.69) is 12.2 Å². The van der Waals surface area contributed by atoms with E-state index in [-0.39, 0.29) is 17.2 Å². The number of benzene rings is 1. The fourth-order valence-corrected chi connectivity index (χ4v) is 3.95. The first-order valence-corrected chi connectivity index (χ1v) is 8.88. The van der Waals surface area contributed by atoms with Crippen LogP contribution < -0.4 is 5.32 Å². The predicted molar refractivity (Wildman–Crippen MR) is 89.6 cm³/mol. The van der Waals surface area contributed by atoms with Crippen molar-refractivity contribution in [3.63, 3.8) is 0 Å². The van der Waals surface area contributed by atoms with Crippen molar-refractivity contribution < 1.29 is 9.18 Å². The Balaban J connectivity index is 1.59. The van der Waals surface area contributed by atoms with E-state index in [0.29, 0.717) is 12.5 Å². The summed E-state index contributed by atoms with van der Waals surface area (Å²) in [6.45, 7) is 5.69. The number of nitrogens with one attached hydrogen (secondary N) is 1. The third-order valence-corrected chi connectivity index (χ3v) is 5.45. The summed E-state index contributed by atoms with van der Waals surface area (Å²) in [6, 6.07) is 6.70. The summed E-state index contributed by atoms with van der Waals surface area (Å²) in [5.41, 5.74) is 1.25. The Kier molecular flexibility index (Phi) is 5.00. The van der Waals surface area contributed by atoms with E-state index in [9.17, 15) is 9.18 Å². The molecule has 2 aliphatic rings. The summed E-state index contributed by atoms with van der Waals surface area (Å²) >= 11 is 0. The molecule has 0 radical (unpaired) electrons. The van der Waals surface area contributed by atoms with Gasteiger partial charge in [-0.3, -0.25) is 4.79 Å². The Hall–Kier alpha value is -1.42. The molecule has 1 N–H and O–H groups in total. The number of hydrogen-bond donors (Lipinski definition) is 1. The Morgan fingerprint density at radius 1 is 1.35 bits per heavy atom. The van der Waals surface area contributed by atoms with E-state index in [1.165, 1.54) is 6.07 Å². The molecule has 3 rings (SSSR count). The van der Waals surface area contributed by atoms with Crippen LogP contribution in [0.5, 0.6) is 0 Å². The first kappa shape index (κ1) is 16.4. The van der Waals surface area contributed by atoms with Crippen molar-refractivity contribution in [2.75, 3.05) is 26.2 Å². The summed E-state index contributed by atoms with van der Waals surface area (Å²) in [4.78, 5) is 14.9. The highest BCUT2D eigenvalue weighted by atomic mass is 19.1. The molecule has 2 fully saturated rings. The van der Waals surface area contributed by atoms with Crippen molar-refractivity contribution in [3.05, 3.63) is 35.6 Å². The number of halogens is 1. The minimum Gasteiger partial charge on any atom is -0.342 e. The van der Waals surface area contributed by atoms with Crippen molar-refractivity contribution >= 4 is 5.91 Å². The van der Waals surface area contributed by atoms with Crippen molar-refractivity contribution in [2.45, 2.75) is 39.0 Å². The topological polar surface area (TPSA) is 32.3 Å². The number of amides is 1. The molecule has 1 atom stereocenters. The van der Waals surface area contributed by atoms with Crippen molar-refractivity contribution in [1.82, 2.24) is 10.2 Å². The third kappa shape index (κ3) is 3.74. The zero-order chi connectivity index (χ0) is 16.3. The second-order valence-corrected chi connectivity index (χ2v) is 7.07. The number of carbonyl (C=O) groups is 1. The average molecular weight is 318 g/mol.